The van der Waals surface area contributed by atoms with Crippen molar-refractivity contribution in [2.75, 3.05) is 7.11 Å². The number of ether oxygens (including phenoxy) is 1. The molecule has 1 aromatic rings. The zero-order valence-corrected chi connectivity index (χ0v) is 8.47. The second kappa shape index (κ2) is 5.34. The van der Waals surface area contributed by atoms with Gasteiger partial charge in [0.25, 0.3) is 0 Å². The molecule has 86 valence electrons. The molecule has 0 saturated heterocycles. The molecule has 0 heterocycles. The summed E-state index contributed by atoms with van der Waals surface area (Å²) >= 11 is 0. The summed E-state index contributed by atoms with van der Waals surface area (Å²) in [5.41, 5.74) is 0.139. The lowest BCUT2D eigenvalue weighted by atomic mass is 10.2. The highest BCUT2D eigenvalue weighted by molar-refractivity contribution is 5.72. The molecule has 0 aliphatic rings. The third-order valence-electron chi connectivity index (χ3n) is 1.83. The van der Waals surface area contributed by atoms with Crippen LogP contribution in [0.2, 0.25) is 0 Å². The van der Waals surface area contributed by atoms with Crippen molar-refractivity contribution in [1.29, 1.82) is 0 Å². The number of carbonyl (C=O) groups excluding carboxylic acids is 1. The van der Waals surface area contributed by atoms with E-state index in [1.54, 1.807) is 0 Å². The van der Waals surface area contributed by atoms with E-state index in [4.69, 9.17) is 0 Å². The van der Waals surface area contributed by atoms with Gasteiger partial charge in [-0.2, -0.15) is 0 Å². The maximum atomic E-state index is 12.8. The van der Waals surface area contributed by atoms with E-state index in [2.05, 4.69) is 4.74 Å². The number of esters is 1. The highest BCUT2D eigenvalue weighted by atomic mass is 19.2. The van der Waals surface area contributed by atoms with Crippen LogP contribution in [0.4, 0.5) is 13.2 Å². The minimum absolute atomic E-state index is 0.0168. The first kappa shape index (κ1) is 12.3. The molecular weight excluding hydrogens is 221 g/mol. The van der Waals surface area contributed by atoms with Crippen LogP contribution in [0.5, 0.6) is 0 Å². The molecule has 0 aliphatic heterocycles. The second-order valence-corrected chi connectivity index (χ2v) is 2.98. The van der Waals surface area contributed by atoms with Crippen LogP contribution in [0.15, 0.2) is 18.2 Å². The van der Waals surface area contributed by atoms with Crippen LogP contribution >= 0.6 is 0 Å². The van der Waals surface area contributed by atoms with E-state index in [1.807, 2.05) is 0 Å². The van der Waals surface area contributed by atoms with Crippen LogP contribution in [-0.2, 0) is 9.53 Å². The van der Waals surface area contributed by atoms with Crippen LogP contribution < -0.4 is 0 Å². The lowest BCUT2D eigenvalue weighted by Gasteiger charge is -1.98. The minimum Gasteiger partial charge on any atom is -0.469 e. The molecule has 0 saturated carbocycles. The average Bonchev–Trinajstić information content (AvgIpc) is 2.25. The largest absolute Gasteiger partial charge is 0.469 e. The van der Waals surface area contributed by atoms with Gasteiger partial charge in [0, 0.05) is 0 Å². The van der Waals surface area contributed by atoms with Crippen molar-refractivity contribution in [1.82, 2.24) is 0 Å². The van der Waals surface area contributed by atoms with E-state index < -0.39 is 23.4 Å². The van der Waals surface area contributed by atoms with Crippen molar-refractivity contribution in [3.63, 3.8) is 0 Å². The molecule has 0 atom stereocenters. The van der Waals surface area contributed by atoms with E-state index in [0.29, 0.717) is 0 Å². The molecule has 1 rings (SSSR count). The quantitative estimate of drug-likeness (QED) is 0.589. The molecule has 0 N–H and O–H groups in total. The Kier molecular flexibility index (Phi) is 4.10. The van der Waals surface area contributed by atoms with E-state index in [-0.39, 0.29) is 12.0 Å². The Bertz CT molecular complexity index is 404. The summed E-state index contributed by atoms with van der Waals surface area (Å²) in [5.74, 6) is -4.51. The number of hydrogen-bond donors (Lipinski definition) is 0. The summed E-state index contributed by atoms with van der Waals surface area (Å²) in [4.78, 5) is 10.7. The Balaban J connectivity index is 2.78. The number of carbonyl (C=O) groups is 1. The highest BCUT2D eigenvalue weighted by Crippen LogP contribution is 2.14. The molecule has 0 aromatic heterocycles. The first-order chi connectivity index (χ1) is 7.54. The van der Waals surface area contributed by atoms with Crippen molar-refractivity contribution in [2.45, 2.75) is 6.42 Å². The first-order valence-electron chi connectivity index (χ1n) is 4.42. The van der Waals surface area contributed by atoms with Gasteiger partial charge in [0.05, 0.1) is 13.5 Å². The Hall–Kier alpha value is -1.78. The van der Waals surface area contributed by atoms with E-state index >= 15 is 0 Å². The smallest absolute Gasteiger partial charge is 0.309 e. The lowest BCUT2D eigenvalue weighted by molar-refractivity contribution is -0.139. The third-order valence-corrected chi connectivity index (χ3v) is 1.83. The predicted octanol–water partition coefficient (Wildman–Crippen LogP) is 2.68. The van der Waals surface area contributed by atoms with Crippen molar-refractivity contribution >= 4 is 12.0 Å². The van der Waals surface area contributed by atoms with Crippen LogP contribution in [-0.4, -0.2) is 13.1 Å². The maximum Gasteiger partial charge on any atom is 0.309 e. The van der Waals surface area contributed by atoms with Gasteiger partial charge in [-0.15, -0.1) is 0 Å². The maximum absolute atomic E-state index is 12.8. The topological polar surface area (TPSA) is 26.3 Å². The average molecular weight is 230 g/mol. The zero-order chi connectivity index (χ0) is 12.1. The van der Waals surface area contributed by atoms with Gasteiger partial charge < -0.3 is 4.74 Å². The summed E-state index contributed by atoms with van der Waals surface area (Å²) in [7, 11) is 1.23. The standard InChI is InChI=1S/C11H9F3O2/c1-16-10(15)4-2-3-7-5-8(12)11(14)9(13)6-7/h2-3,5-6H,4H2,1H3. The molecule has 0 bridgehead atoms. The van der Waals surface area contributed by atoms with Crippen molar-refractivity contribution in [2.24, 2.45) is 0 Å². The number of benzene rings is 1. The molecule has 16 heavy (non-hydrogen) atoms. The molecule has 0 fully saturated rings. The zero-order valence-electron chi connectivity index (χ0n) is 8.47. The summed E-state index contributed by atoms with van der Waals surface area (Å²) < 4.78 is 42.4. The summed E-state index contributed by atoms with van der Waals surface area (Å²) in [5, 5.41) is 0. The van der Waals surface area contributed by atoms with Gasteiger partial charge in [-0.3, -0.25) is 4.79 Å². The Morgan fingerprint density at radius 3 is 2.38 bits per heavy atom. The predicted molar refractivity (Wildman–Crippen MR) is 52.0 cm³/mol. The van der Waals surface area contributed by atoms with Crippen molar-refractivity contribution in [3.8, 4) is 0 Å². The van der Waals surface area contributed by atoms with Gasteiger partial charge in [0.15, 0.2) is 17.5 Å². The fourth-order valence-corrected chi connectivity index (χ4v) is 1.05. The van der Waals surface area contributed by atoms with Gasteiger partial charge in [-0.25, -0.2) is 13.2 Å². The molecule has 0 radical (unpaired) electrons. The monoisotopic (exact) mass is 230 g/mol. The highest BCUT2D eigenvalue weighted by Gasteiger charge is 2.08. The molecular formula is C11H9F3O2. The Morgan fingerprint density at radius 1 is 1.31 bits per heavy atom. The van der Waals surface area contributed by atoms with Gasteiger partial charge in [0.1, 0.15) is 0 Å². The van der Waals surface area contributed by atoms with Gasteiger partial charge >= 0.3 is 5.97 Å². The molecule has 1 aromatic carbocycles. The van der Waals surface area contributed by atoms with E-state index in [1.165, 1.54) is 19.3 Å². The molecule has 0 unspecified atom stereocenters. The molecule has 5 heteroatoms. The van der Waals surface area contributed by atoms with Gasteiger partial charge in [0.2, 0.25) is 0 Å². The fourth-order valence-electron chi connectivity index (χ4n) is 1.05. The van der Waals surface area contributed by atoms with Crippen molar-refractivity contribution < 1.29 is 22.7 Å². The molecule has 0 amide bonds. The summed E-state index contributed by atoms with van der Waals surface area (Å²) in [6.45, 7) is 0. The molecule has 0 spiro atoms. The molecule has 0 aliphatic carbocycles. The number of hydrogen-bond acceptors (Lipinski definition) is 2. The van der Waals surface area contributed by atoms with Gasteiger partial charge in [-0.1, -0.05) is 12.2 Å². The lowest BCUT2D eigenvalue weighted by Crippen LogP contribution is -1.96. The van der Waals surface area contributed by atoms with Crippen LogP contribution in [0.3, 0.4) is 0 Å². The minimum atomic E-state index is -1.51. The van der Waals surface area contributed by atoms with Crippen LogP contribution in [0.1, 0.15) is 12.0 Å². The second-order valence-electron chi connectivity index (χ2n) is 2.98. The number of rotatable bonds is 3. The van der Waals surface area contributed by atoms with E-state index in [9.17, 15) is 18.0 Å². The Labute approximate surface area is 90.3 Å². The fraction of sp³-hybridized carbons (Fsp3) is 0.182. The van der Waals surface area contributed by atoms with Crippen LogP contribution in [0.25, 0.3) is 6.08 Å². The van der Waals surface area contributed by atoms with Crippen LogP contribution in [0, 0.1) is 17.5 Å². The van der Waals surface area contributed by atoms with Crippen molar-refractivity contribution in [3.05, 3.63) is 41.2 Å². The summed E-state index contributed by atoms with van der Waals surface area (Å²) in [6, 6.07) is 1.68. The number of methoxy groups -OCH3 is 1. The Morgan fingerprint density at radius 2 is 1.88 bits per heavy atom. The number of halogens is 3. The summed E-state index contributed by atoms with van der Waals surface area (Å²) in [6.07, 6.45) is 2.66. The normalized spacial score (nSPS) is 10.8. The van der Waals surface area contributed by atoms with E-state index in [0.717, 1.165) is 12.1 Å². The molecule has 2 nitrogen and oxygen atoms in total. The third kappa shape index (κ3) is 3.12. The SMILES string of the molecule is COC(=O)CC=Cc1cc(F)c(F)c(F)c1. The first-order valence-corrected chi connectivity index (χ1v) is 4.42. The van der Waals surface area contributed by atoms with Gasteiger partial charge in [-0.05, 0) is 17.7 Å².